The number of hydrogen-bond donors (Lipinski definition) is 1. The highest BCUT2D eigenvalue weighted by molar-refractivity contribution is 9.10. The van der Waals surface area contributed by atoms with Gasteiger partial charge in [-0.3, -0.25) is 4.79 Å². The van der Waals surface area contributed by atoms with E-state index in [1.54, 1.807) is 18.2 Å². The molecule has 5 nitrogen and oxygen atoms in total. The van der Waals surface area contributed by atoms with Crippen LogP contribution in [-0.2, 0) is 13.0 Å². The minimum atomic E-state index is -0.476. The molecule has 0 atom stereocenters. The van der Waals surface area contributed by atoms with Crippen LogP contribution in [0.4, 0.5) is 10.1 Å². The van der Waals surface area contributed by atoms with E-state index in [0.29, 0.717) is 26.6 Å². The third kappa shape index (κ3) is 3.82. The molecule has 8 heteroatoms. The molecule has 0 unspecified atom stereocenters. The van der Waals surface area contributed by atoms with Crippen LogP contribution in [0.1, 0.15) is 35.4 Å². The lowest BCUT2D eigenvalue weighted by molar-refractivity contribution is 0.102. The number of carbonyl (C=O) groups is 1. The summed E-state index contributed by atoms with van der Waals surface area (Å²) in [5, 5.41) is 12.0. The minimum Gasteiger partial charge on any atom is -0.322 e. The average Bonchev–Trinajstić information content (AvgIpc) is 2.93. The van der Waals surface area contributed by atoms with Crippen LogP contribution in [0.5, 0.6) is 0 Å². The van der Waals surface area contributed by atoms with E-state index in [1.165, 1.54) is 18.2 Å². The first kappa shape index (κ1) is 19.1. The molecule has 0 bridgehead atoms. The lowest BCUT2D eigenvalue weighted by Gasteiger charge is -2.11. The number of rotatable bonds is 3. The zero-order valence-electron chi connectivity index (χ0n) is 14.9. The predicted octanol–water partition coefficient (Wildman–Crippen LogP) is 5.48. The molecule has 0 saturated carbocycles. The van der Waals surface area contributed by atoms with E-state index in [0.717, 1.165) is 38.1 Å². The number of nitrogens with zero attached hydrogens (tertiary/aromatic N) is 3. The van der Waals surface area contributed by atoms with Gasteiger partial charge in [0.05, 0.1) is 10.6 Å². The maximum Gasteiger partial charge on any atom is 0.256 e. The minimum absolute atomic E-state index is 0.216. The number of hydrogen-bond acceptors (Lipinski definition) is 3. The summed E-state index contributed by atoms with van der Waals surface area (Å²) in [4.78, 5) is 12.6. The van der Waals surface area contributed by atoms with E-state index in [9.17, 15) is 9.18 Å². The number of amides is 1. The van der Waals surface area contributed by atoms with Crippen molar-refractivity contribution in [1.82, 2.24) is 14.8 Å². The fourth-order valence-electron chi connectivity index (χ4n) is 3.33. The fourth-order valence-corrected chi connectivity index (χ4v) is 3.96. The quantitative estimate of drug-likeness (QED) is 0.559. The highest BCUT2D eigenvalue weighted by atomic mass is 79.9. The molecular formula is C20H17BrClFN4O. The van der Waals surface area contributed by atoms with Crippen molar-refractivity contribution in [2.45, 2.75) is 32.2 Å². The zero-order valence-corrected chi connectivity index (χ0v) is 17.2. The molecule has 1 amide bonds. The Bertz CT molecular complexity index is 1050. The lowest BCUT2D eigenvalue weighted by Crippen LogP contribution is -2.13. The molecule has 0 fully saturated rings. The van der Waals surface area contributed by atoms with Crippen molar-refractivity contribution in [2.24, 2.45) is 0 Å². The van der Waals surface area contributed by atoms with Gasteiger partial charge in [0.2, 0.25) is 0 Å². The summed E-state index contributed by atoms with van der Waals surface area (Å²) in [6.07, 6.45) is 4.23. The Morgan fingerprint density at radius 3 is 2.86 bits per heavy atom. The number of nitrogens with one attached hydrogen (secondary N) is 1. The first-order valence-electron chi connectivity index (χ1n) is 9.01. The number of halogens is 3. The van der Waals surface area contributed by atoms with E-state index in [1.807, 2.05) is 0 Å². The molecule has 0 radical (unpaired) electrons. The van der Waals surface area contributed by atoms with Crippen LogP contribution >= 0.6 is 27.5 Å². The van der Waals surface area contributed by atoms with Crippen LogP contribution in [0.2, 0.25) is 5.02 Å². The summed E-state index contributed by atoms with van der Waals surface area (Å²) >= 11 is 9.70. The van der Waals surface area contributed by atoms with Crippen LogP contribution in [0, 0.1) is 5.82 Å². The first-order chi connectivity index (χ1) is 13.5. The van der Waals surface area contributed by atoms with Crippen molar-refractivity contribution < 1.29 is 9.18 Å². The molecule has 0 spiro atoms. The third-order valence-corrected chi connectivity index (χ3v) is 5.77. The number of fused-ring (bicyclic) bond motifs is 1. The molecule has 2 heterocycles. The normalized spacial score (nSPS) is 13.7. The summed E-state index contributed by atoms with van der Waals surface area (Å²) in [6.45, 7) is 0.848. The number of aryl methyl sites for hydroxylation is 1. The predicted molar refractivity (Wildman–Crippen MR) is 110 cm³/mol. The molecule has 28 heavy (non-hydrogen) atoms. The summed E-state index contributed by atoms with van der Waals surface area (Å²) in [5.74, 6) is 0.766. The van der Waals surface area contributed by atoms with Crippen molar-refractivity contribution in [2.75, 3.05) is 5.32 Å². The Kier molecular flexibility index (Phi) is 5.46. The van der Waals surface area contributed by atoms with Crippen molar-refractivity contribution in [3.63, 3.8) is 0 Å². The van der Waals surface area contributed by atoms with Crippen molar-refractivity contribution >= 4 is 39.1 Å². The smallest absolute Gasteiger partial charge is 0.256 e. The van der Waals surface area contributed by atoms with E-state index < -0.39 is 11.7 Å². The van der Waals surface area contributed by atoms with Crippen LogP contribution in [0.15, 0.2) is 40.9 Å². The van der Waals surface area contributed by atoms with Crippen LogP contribution in [0.3, 0.4) is 0 Å². The Labute approximate surface area is 175 Å². The summed E-state index contributed by atoms with van der Waals surface area (Å²) in [5.41, 5.74) is 1.47. The average molecular weight is 464 g/mol. The topological polar surface area (TPSA) is 59.8 Å². The van der Waals surface area contributed by atoms with Gasteiger partial charge >= 0.3 is 0 Å². The van der Waals surface area contributed by atoms with E-state index in [2.05, 4.69) is 36.0 Å². The molecule has 3 aromatic rings. The van der Waals surface area contributed by atoms with Crippen molar-refractivity contribution in [1.29, 1.82) is 0 Å². The molecule has 4 rings (SSSR count). The number of carbonyl (C=O) groups excluding carboxylic acids is 1. The Morgan fingerprint density at radius 2 is 2.00 bits per heavy atom. The van der Waals surface area contributed by atoms with Gasteiger partial charge in [0.25, 0.3) is 5.91 Å². The molecule has 1 aromatic heterocycles. The fraction of sp³-hybridized carbons (Fsp3) is 0.250. The molecule has 1 aliphatic rings. The monoisotopic (exact) mass is 462 g/mol. The van der Waals surface area contributed by atoms with Gasteiger partial charge in [-0.15, -0.1) is 10.2 Å². The molecule has 0 aliphatic carbocycles. The second kappa shape index (κ2) is 8.01. The van der Waals surface area contributed by atoms with Gasteiger partial charge in [-0.2, -0.15) is 0 Å². The Balaban J connectivity index is 1.66. The van der Waals surface area contributed by atoms with Gasteiger partial charge in [-0.1, -0.05) is 18.0 Å². The van der Waals surface area contributed by atoms with Crippen LogP contribution in [0.25, 0.3) is 11.4 Å². The highest BCUT2D eigenvalue weighted by Gasteiger charge is 2.19. The number of benzene rings is 2. The van der Waals surface area contributed by atoms with Crippen LogP contribution < -0.4 is 5.32 Å². The lowest BCUT2D eigenvalue weighted by atomic mass is 10.1. The first-order valence-corrected chi connectivity index (χ1v) is 10.2. The molecular weight excluding hydrogens is 447 g/mol. The zero-order chi connectivity index (χ0) is 19.7. The van der Waals surface area contributed by atoms with Gasteiger partial charge < -0.3 is 9.88 Å². The standard InChI is InChI=1S/C20H17BrClFN4O/c21-16-7-5-12(23)10-14(16)20(28)24-13-6-8-17(22)15(11-13)19-26-25-18-4-2-1-3-9-27(18)19/h5-8,10-11H,1-4,9H2,(H,24,28). The second-order valence-electron chi connectivity index (χ2n) is 6.68. The molecule has 2 aromatic carbocycles. The molecule has 1 aliphatic heterocycles. The molecule has 144 valence electrons. The van der Waals surface area contributed by atoms with E-state index >= 15 is 0 Å². The largest absolute Gasteiger partial charge is 0.322 e. The number of aromatic nitrogens is 3. The maximum atomic E-state index is 13.5. The number of anilines is 1. The summed E-state index contributed by atoms with van der Waals surface area (Å²) in [7, 11) is 0. The summed E-state index contributed by atoms with van der Waals surface area (Å²) in [6, 6.07) is 9.17. The Hall–Kier alpha value is -2.25. The second-order valence-corrected chi connectivity index (χ2v) is 7.94. The maximum absolute atomic E-state index is 13.5. The van der Waals surface area contributed by atoms with Crippen LogP contribution in [-0.4, -0.2) is 20.7 Å². The third-order valence-electron chi connectivity index (χ3n) is 4.75. The van der Waals surface area contributed by atoms with Gasteiger partial charge in [-0.05, 0) is 65.2 Å². The summed E-state index contributed by atoms with van der Waals surface area (Å²) < 4.78 is 16.1. The van der Waals surface area contributed by atoms with Crippen molar-refractivity contribution in [3.8, 4) is 11.4 Å². The Morgan fingerprint density at radius 1 is 1.14 bits per heavy atom. The van der Waals surface area contributed by atoms with Crippen molar-refractivity contribution in [3.05, 3.63) is 63.1 Å². The van der Waals surface area contributed by atoms with Gasteiger partial charge in [0.15, 0.2) is 5.82 Å². The van der Waals surface area contributed by atoms with E-state index in [-0.39, 0.29) is 5.56 Å². The molecule has 1 N–H and O–H groups in total. The van der Waals surface area contributed by atoms with Gasteiger partial charge in [0, 0.05) is 28.7 Å². The highest BCUT2D eigenvalue weighted by Crippen LogP contribution is 2.31. The van der Waals surface area contributed by atoms with E-state index in [4.69, 9.17) is 11.6 Å². The SMILES string of the molecule is O=C(Nc1ccc(Cl)c(-c2nnc3n2CCCCC3)c1)c1cc(F)ccc1Br. The molecule has 0 saturated heterocycles. The van der Waals surface area contributed by atoms with Gasteiger partial charge in [0.1, 0.15) is 11.6 Å². The van der Waals surface area contributed by atoms with Gasteiger partial charge in [-0.25, -0.2) is 4.39 Å².